The normalized spacial score (nSPS) is 15.4. The molecule has 150 valence electrons. The quantitative estimate of drug-likeness (QED) is 0.689. The summed E-state index contributed by atoms with van der Waals surface area (Å²) < 4.78 is 5.47. The molecule has 0 bridgehead atoms. The smallest absolute Gasteiger partial charge is 0.262 e. The van der Waals surface area contributed by atoms with E-state index in [1.165, 1.54) is 12.1 Å². The van der Waals surface area contributed by atoms with Crippen LogP contribution in [0.1, 0.15) is 38.3 Å². The van der Waals surface area contributed by atoms with Gasteiger partial charge < -0.3 is 9.64 Å². The van der Waals surface area contributed by atoms with Crippen molar-refractivity contribution < 1.29 is 19.1 Å². The number of ether oxygens (including phenoxy) is 1. The molecule has 2 aliphatic heterocycles. The van der Waals surface area contributed by atoms with Crippen molar-refractivity contribution in [2.45, 2.75) is 19.8 Å². The van der Waals surface area contributed by atoms with Crippen LogP contribution in [0, 0.1) is 6.92 Å². The van der Waals surface area contributed by atoms with E-state index in [0.29, 0.717) is 18.0 Å². The van der Waals surface area contributed by atoms with E-state index >= 15 is 0 Å². The number of amides is 3. The monoisotopic (exact) mass is 432 g/mol. The molecule has 0 radical (unpaired) electrons. The number of aryl methyl sites for hydroxylation is 1. The molecule has 8 heteroatoms. The van der Waals surface area contributed by atoms with E-state index in [0.717, 1.165) is 28.9 Å². The molecule has 0 saturated heterocycles. The van der Waals surface area contributed by atoms with Crippen molar-refractivity contribution in [3.63, 3.8) is 0 Å². The van der Waals surface area contributed by atoms with E-state index in [-0.39, 0.29) is 33.6 Å². The average Bonchev–Trinajstić information content (AvgIpc) is 2.93. The number of halogens is 2. The number of methoxy groups -OCH3 is 1. The van der Waals surface area contributed by atoms with Crippen LogP contribution in [0.2, 0.25) is 10.0 Å². The molecular weight excluding hydrogens is 415 g/mol. The fourth-order valence-electron chi connectivity index (χ4n) is 3.92. The Labute approximate surface area is 177 Å². The Hall–Kier alpha value is -2.57. The first kappa shape index (κ1) is 19.7. The van der Waals surface area contributed by atoms with Gasteiger partial charge in [-0.1, -0.05) is 29.3 Å². The summed E-state index contributed by atoms with van der Waals surface area (Å²) in [6.07, 6.45) is 1.63. The number of benzene rings is 2. The van der Waals surface area contributed by atoms with E-state index < -0.39 is 11.8 Å². The van der Waals surface area contributed by atoms with Crippen molar-refractivity contribution in [3.05, 3.63) is 56.6 Å². The van der Waals surface area contributed by atoms with Gasteiger partial charge in [0.25, 0.3) is 11.8 Å². The van der Waals surface area contributed by atoms with Crippen LogP contribution in [0.4, 0.5) is 5.69 Å². The summed E-state index contributed by atoms with van der Waals surface area (Å²) in [7, 11) is 1.56. The van der Waals surface area contributed by atoms with Gasteiger partial charge in [-0.25, -0.2) is 0 Å². The molecule has 2 aromatic carbocycles. The minimum atomic E-state index is -0.551. The fraction of sp³-hybridized carbons (Fsp3) is 0.286. The summed E-state index contributed by atoms with van der Waals surface area (Å²) >= 11 is 12.0. The van der Waals surface area contributed by atoms with Crippen molar-refractivity contribution in [1.82, 2.24) is 4.90 Å². The van der Waals surface area contributed by atoms with Crippen molar-refractivity contribution >= 4 is 46.6 Å². The van der Waals surface area contributed by atoms with Crippen LogP contribution in [0.5, 0.6) is 5.75 Å². The fourth-order valence-corrected chi connectivity index (χ4v) is 4.24. The summed E-state index contributed by atoms with van der Waals surface area (Å²) in [6.45, 7) is 2.12. The molecule has 0 spiro atoms. The zero-order chi connectivity index (χ0) is 20.9. The van der Waals surface area contributed by atoms with Crippen LogP contribution in [0.15, 0.2) is 24.3 Å². The zero-order valence-electron chi connectivity index (χ0n) is 15.9. The number of fused-ring (bicyclic) bond motifs is 2. The number of carbonyl (C=O) groups is 3. The SMILES string of the molecule is COc1ccc(C)c2c1N(C(=O)CN1C(=O)c3cc(Cl)c(Cl)cc3C1=O)CCC2. The highest BCUT2D eigenvalue weighted by Crippen LogP contribution is 2.38. The largest absolute Gasteiger partial charge is 0.495 e. The van der Waals surface area contributed by atoms with Gasteiger partial charge >= 0.3 is 0 Å². The number of anilines is 1. The van der Waals surface area contributed by atoms with Crippen LogP contribution < -0.4 is 9.64 Å². The van der Waals surface area contributed by atoms with Crippen molar-refractivity contribution in [1.29, 1.82) is 0 Å². The molecule has 3 amide bonds. The summed E-state index contributed by atoms with van der Waals surface area (Å²) in [5.74, 6) is -0.850. The lowest BCUT2D eigenvalue weighted by molar-refractivity contribution is -0.119. The van der Waals surface area contributed by atoms with E-state index in [2.05, 4.69) is 0 Å². The highest BCUT2D eigenvalue weighted by Gasteiger charge is 2.39. The number of carbonyl (C=O) groups excluding carboxylic acids is 3. The minimum Gasteiger partial charge on any atom is -0.495 e. The van der Waals surface area contributed by atoms with Crippen LogP contribution in [0.3, 0.4) is 0 Å². The lowest BCUT2D eigenvalue weighted by atomic mass is 9.96. The van der Waals surface area contributed by atoms with Gasteiger partial charge in [0, 0.05) is 6.54 Å². The predicted octanol–water partition coefficient (Wildman–Crippen LogP) is 3.89. The molecule has 29 heavy (non-hydrogen) atoms. The number of hydrogen-bond donors (Lipinski definition) is 0. The Balaban J connectivity index is 1.65. The van der Waals surface area contributed by atoms with E-state index in [9.17, 15) is 14.4 Å². The van der Waals surface area contributed by atoms with Crippen molar-refractivity contribution in [3.8, 4) is 5.75 Å². The molecule has 2 heterocycles. The Morgan fingerprint density at radius 1 is 1.10 bits per heavy atom. The topological polar surface area (TPSA) is 66.9 Å². The first-order chi connectivity index (χ1) is 13.8. The Bertz CT molecular complexity index is 1030. The molecule has 0 aromatic heterocycles. The molecule has 0 atom stereocenters. The van der Waals surface area contributed by atoms with Gasteiger partial charge in [0.2, 0.25) is 5.91 Å². The summed E-state index contributed by atoms with van der Waals surface area (Å²) in [5, 5.41) is 0.370. The van der Waals surface area contributed by atoms with Gasteiger partial charge in [-0.15, -0.1) is 0 Å². The maximum Gasteiger partial charge on any atom is 0.262 e. The van der Waals surface area contributed by atoms with E-state index in [4.69, 9.17) is 27.9 Å². The molecule has 0 aliphatic carbocycles. The third-order valence-electron chi connectivity index (χ3n) is 5.38. The molecule has 0 unspecified atom stereocenters. The molecule has 6 nitrogen and oxygen atoms in total. The summed E-state index contributed by atoms with van der Waals surface area (Å²) in [5.41, 5.74) is 3.15. The molecular formula is C21H18Cl2N2O4. The predicted molar refractivity (Wildman–Crippen MR) is 110 cm³/mol. The summed E-state index contributed by atoms with van der Waals surface area (Å²) in [6, 6.07) is 6.52. The maximum atomic E-state index is 13.1. The highest BCUT2D eigenvalue weighted by atomic mass is 35.5. The minimum absolute atomic E-state index is 0.157. The van der Waals surface area contributed by atoms with Gasteiger partial charge in [0.1, 0.15) is 12.3 Å². The number of nitrogens with zero attached hydrogens (tertiary/aromatic N) is 2. The Morgan fingerprint density at radius 3 is 2.31 bits per heavy atom. The lowest BCUT2D eigenvalue weighted by Crippen LogP contribution is -2.44. The van der Waals surface area contributed by atoms with Gasteiger partial charge in [-0.3, -0.25) is 19.3 Å². The number of rotatable bonds is 3. The molecule has 0 saturated carbocycles. The maximum absolute atomic E-state index is 13.1. The molecule has 2 aromatic rings. The van der Waals surface area contributed by atoms with Gasteiger partial charge in [0.15, 0.2) is 0 Å². The number of hydrogen-bond acceptors (Lipinski definition) is 4. The Morgan fingerprint density at radius 2 is 1.72 bits per heavy atom. The first-order valence-electron chi connectivity index (χ1n) is 9.15. The molecule has 0 fully saturated rings. The highest BCUT2D eigenvalue weighted by molar-refractivity contribution is 6.43. The van der Waals surface area contributed by atoms with Crippen LogP contribution in [-0.4, -0.2) is 42.8 Å². The second-order valence-corrected chi connectivity index (χ2v) is 7.88. The molecule has 0 N–H and O–H groups in total. The second kappa shape index (κ2) is 7.35. The average molecular weight is 433 g/mol. The third kappa shape index (κ3) is 3.16. The second-order valence-electron chi connectivity index (χ2n) is 7.07. The van der Waals surface area contributed by atoms with Crippen molar-refractivity contribution in [2.24, 2.45) is 0 Å². The third-order valence-corrected chi connectivity index (χ3v) is 6.11. The van der Waals surface area contributed by atoms with E-state index in [1.807, 2.05) is 19.1 Å². The van der Waals surface area contributed by atoms with Gasteiger partial charge in [-0.2, -0.15) is 0 Å². The Kier molecular flexibility index (Phi) is 5.00. The number of imide groups is 1. The lowest BCUT2D eigenvalue weighted by Gasteiger charge is -2.32. The molecule has 2 aliphatic rings. The molecule has 4 rings (SSSR count). The zero-order valence-corrected chi connectivity index (χ0v) is 17.4. The summed E-state index contributed by atoms with van der Waals surface area (Å²) in [4.78, 5) is 41.1. The van der Waals surface area contributed by atoms with E-state index in [1.54, 1.807) is 12.0 Å². The first-order valence-corrected chi connectivity index (χ1v) is 9.91. The van der Waals surface area contributed by atoms with Crippen LogP contribution >= 0.6 is 23.2 Å². The van der Waals surface area contributed by atoms with Crippen molar-refractivity contribution in [2.75, 3.05) is 25.1 Å². The van der Waals surface area contributed by atoms with Crippen LogP contribution in [-0.2, 0) is 11.2 Å². The van der Waals surface area contributed by atoms with Gasteiger partial charge in [-0.05, 0) is 49.1 Å². The standard InChI is InChI=1S/C21H18Cl2N2O4/c1-11-5-6-17(29-2)19-12(11)4-3-7-24(19)18(26)10-25-20(27)13-8-15(22)16(23)9-14(13)21(25)28/h5-6,8-9H,3-4,7,10H2,1-2H3. The van der Waals surface area contributed by atoms with Crippen LogP contribution in [0.25, 0.3) is 0 Å². The van der Waals surface area contributed by atoms with Gasteiger partial charge in [0.05, 0.1) is 34.0 Å².